The summed E-state index contributed by atoms with van der Waals surface area (Å²) in [4.78, 5) is 39.1. The SMILES string of the molecule is COc1ccc(CC(NC(=O)C2CCOC2)C(=O)NC(Cc2ccccc2)C(=O)C2CO2)cc1. The van der Waals surface area contributed by atoms with E-state index in [0.717, 1.165) is 11.1 Å². The number of methoxy groups -OCH3 is 1. The van der Waals surface area contributed by atoms with E-state index in [1.807, 2.05) is 54.6 Å². The highest BCUT2D eigenvalue weighted by atomic mass is 16.6. The third-order valence-electron chi connectivity index (χ3n) is 6.13. The van der Waals surface area contributed by atoms with Gasteiger partial charge in [0.2, 0.25) is 11.8 Å². The maximum atomic E-state index is 13.4. The molecule has 2 saturated heterocycles. The lowest BCUT2D eigenvalue weighted by molar-refractivity contribution is -0.133. The number of rotatable bonds is 11. The Hall–Kier alpha value is -3.23. The van der Waals surface area contributed by atoms with Crippen molar-refractivity contribution in [2.24, 2.45) is 5.92 Å². The lowest BCUT2D eigenvalue weighted by Gasteiger charge is -2.24. The standard InChI is InChI=1S/C26H30N2O6/c1-32-20-9-7-18(8-10-20)14-22(28-25(30)19-11-12-33-15-19)26(31)27-21(24(29)23-16-34-23)13-17-5-3-2-4-6-17/h2-10,19,21-23H,11-16H2,1H3,(H,27,31)(H,28,30). The van der Waals surface area contributed by atoms with Crippen LogP contribution in [-0.4, -0.2) is 62.7 Å². The zero-order chi connectivity index (χ0) is 23.9. The van der Waals surface area contributed by atoms with E-state index in [4.69, 9.17) is 14.2 Å². The van der Waals surface area contributed by atoms with Gasteiger partial charge in [-0.2, -0.15) is 0 Å². The van der Waals surface area contributed by atoms with Crippen molar-refractivity contribution in [2.75, 3.05) is 26.9 Å². The molecule has 0 aliphatic carbocycles. The molecule has 2 aromatic rings. The van der Waals surface area contributed by atoms with Crippen LogP contribution in [0.1, 0.15) is 17.5 Å². The van der Waals surface area contributed by atoms with Crippen molar-refractivity contribution in [2.45, 2.75) is 37.5 Å². The summed E-state index contributed by atoms with van der Waals surface area (Å²) >= 11 is 0. The minimum Gasteiger partial charge on any atom is -0.497 e. The van der Waals surface area contributed by atoms with Gasteiger partial charge in [-0.25, -0.2) is 0 Å². The first-order chi connectivity index (χ1) is 16.5. The Morgan fingerprint density at radius 3 is 2.24 bits per heavy atom. The Kier molecular flexibility index (Phi) is 7.92. The van der Waals surface area contributed by atoms with E-state index in [-0.39, 0.29) is 24.0 Å². The molecule has 4 atom stereocenters. The third kappa shape index (κ3) is 6.42. The highest BCUT2D eigenvalue weighted by Gasteiger charge is 2.38. The molecule has 2 amide bonds. The van der Waals surface area contributed by atoms with Crippen LogP contribution < -0.4 is 15.4 Å². The van der Waals surface area contributed by atoms with E-state index in [0.29, 0.717) is 38.4 Å². The van der Waals surface area contributed by atoms with Gasteiger partial charge in [0.25, 0.3) is 0 Å². The molecule has 8 heteroatoms. The number of carbonyl (C=O) groups excluding carboxylic acids is 3. The highest BCUT2D eigenvalue weighted by molar-refractivity contribution is 5.96. The molecule has 2 aliphatic heterocycles. The molecule has 0 saturated carbocycles. The summed E-state index contributed by atoms with van der Waals surface area (Å²) in [6.45, 7) is 1.24. The smallest absolute Gasteiger partial charge is 0.243 e. The van der Waals surface area contributed by atoms with Crippen LogP contribution in [0.2, 0.25) is 0 Å². The number of Topliss-reactive ketones (excluding diaryl/α,β-unsaturated/α-hetero) is 1. The lowest BCUT2D eigenvalue weighted by Crippen LogP contribution is -2.54. The zero-order valence-electron chi connectivity index (χ0n) is 19.2. The van der Waals surface area contributed by atoms with Crippen molar-refractivity contribution >= 4 is 17.6 Å². The first-order valence-corrected chi connectivity index (χ1v) is 11.5. The number of hydrogen-bond acceptors (Lipinski definition) is 6. The van der Waals surface area contributed by atoms with Crippen LogP contribution in [0.4, 0.5) is 0 Å². The Labute approximate surface area is 199 Å². The quantitative estimate of drug-likeness (QED) is 0.486. The molecule has 4 unspecified atom stereocenters. The molecule has 2 fully saturated rings. The van der Waals surface area contributed by atoms with E-state index in [1.54, 1.807) is 7.11 Å². The lowest BCUT2D eigenvalue weighted by atomic mass is 9.98. The molecule has 34 heavy (non-hydrogen) atoms. The maximum Gasteiger partial charge on any atom is 0.243 e. The van der Waals surface area contributed by atoms with E-state index in [2.05, 4.69) is 10.6 Å². The average molecular weight is 467 g/mol. The summed E-state index contributed by atoms with van der Waals surface area (Å²) in [6.07, 6.45) is 0.766. The predicted molar refractivity (Wildman–Crippen MR) is 124 cm³/mol. The number of nitrogens with one attached hydrogen (secondary N) is 2. The predicted octanol–water partition coefficient (Wildman–Crippen LogP) is 1.45. The third-order valence-corrected chi connectivity index (χ3v) is 6.13. The van der Waals surface area contributed by atoms with Crippen molar-refractivity contribution in [3.8, 4) is 5.75 Å². The molecule has 0 bridgehead atoms. The van der Waals surface area contributed by atoms with Gasteiger partial charge in [0.15, 0.2) is 5.78 Å². The first kappa shape index (κ1) is 23.9. The van der Waals surface area contributed by atoms with Gasteiger partial charge in [0.1, 0.15) is 17.9 Å². The summed E-state index contributed by atoms with van der Waals surface area (Å²) < 4.78 is 15.7. The molecule has 0 aromatic heterocycles. The molecule has 2 aromatic carbocycles. The second-order valence-electron chi connectivity index (χ2n) is 8.65. The monoisotopic (exact) mass is 466 g/mol. The fraction of sp³-hybridized carbons (Fsp3) is 0.423. The van der Waals surface area contributed by atoms with Crippen LogP contribution in [0.5, 0.6) is 5.75 Å². The number of amides is 2. The van der Waals surface area contributed by atoms with E-state index in [1.165, 1.54) is 0 Å². The summed E-state index contributed by atoms with van der Waals surface area (Å²) in [5, 5.41) is 5.77. The van der Waals surface area contributed by atoms with E-state index < -0.39 is 24.1 Å². The summed E-state index contributed by atoms with van der Waals surface area (Å²) in [5.74, 6) is -0.362. The Morgan fingerprint density at radius 2 is 1.62 bits per heavy atom. The fourth-order valence-electron chi connectivity index (χ4n) is 4.02. The summed E-state index contributed by atoms with van der Waals surface area (Å²) in [5.41, 5.74) is 1.79. The average Bonchev–Trinajstić information content (AvgIpc) is 3.56. The van der Waals surface area contributed by atoms with Gasteiger partial charge in [-0.05, 0) is 36.1 Å². The first-order valence-electron chi connectivity index (χ1n) is 11.5. The highest BCUT2D eigenvalue weighted by Crippen LogP contribution is 2.17. The molecule has 0 spiro atoms. The second kappa shape index (κ2) is 11.3. The molecule has 0 radical (unpaired) electrons. The van der Waals surface area contributed by atoms with Gasteiger partial charge in [-0.1, -0.05) is 42.5 Å². The number of benzene rings is 2. The topological polar surface area (TPSA) is 106 Å². The Bertz CT molecular complexity index is 984. The van der Waals surface area contributed by atoms with Crippen LogP contribution in [-0.2, 0) is 36.7 Å². The number of ketones is 1. The zero-order valence-corrected chi connectivity index (χ0v) is 19.2. The molecule has 8 nitrogen and oxygen atoms in total. The minimum absolute atomic E-state index is 0.157. The number of ether oxygens (including phenoxy) is 3. The molecule has 2 heterocycles. The van der Waals surface area contributed by atoms with Crippen molar-refractivity contribution in [1.82, 2.24) is 10.6 Å². The van der Waals surface area contributed by atoms with Crippen molar-refractivity contribution in [1.29, 1.82) is 0 Å². The number of epoxide rings is 1. The molecular weight excluding hydrogens is 436 g/mol. The Morgan fingerprint density at radius 1 is 0.941 bits per heavy atom. The van der Waals surface area contributed by atoms with Crippen LogP contribution in [0.25, 0.3) is 0 Å². The molecule has 2 aliphatic rings. The normalized spacial score (nSPS) is 20.7. The van der Waals surface area contributed by atoms with Crippen LogP contribution in [0.3, 0.4) is 0 Å². The Balaban J connectivity index is 1.50. The van der Waals surface area contributed by atoms with Gasteiger partial charge in [-0.3, -0.25) is 14.4 Å². The van der Waals surface area contributed by atoms with Crippen molar-refractivity contribution < 1.29 is 28.6 Å². The molecule has 180 valence electrons. The maximum absolute atomic E-state index is 13.4. The fourth-order valence-corrected chi connectivity index (χ4v) is 4.02. The largest absolute Gasteiger partial charge is 0.497 e. The van der Waals surface area contributed by atoms with Crippen molar-refractivity contribution in [3.05, 3.63) is 65.7 Å². The van der Waals surface area contributed by atoms with Crippen LogP contribution in [0.15, 0.2) is 54.6 Å². The van der Waals surface area contributed by atoms with Gasteiger partial charge >= 0.3 is 0 Å². The minimum atomic E-state index is -0.840. The number of hydrogen-bond donors (Lipinski definition) is 2. The van der Waals surface area contributed by atoms with Crippen LogP contribution in [0, 0.1) is 5.92 Å². The van der Waals surface area contributed by atoms with Gasteiger partial charge in [0, 0.05) is 13.0 Å². The van der Waals surface area contributed by atoms with E-state index >= 15 is 0 Å². The van der Waals surface area contributed by atoms with E-state index in [9.17, 15) is 14.4 Å². The van der Waals surface area contributed by atoms with Gasteiger partial charge in [-0.15, -0.1) is 0 Å². The second-order valence-corrected chi connectivity index (χ2v) is 8.65. The van der Waals surface area contributed by atoms with Gasteiger partial charge < -0.3 is 24.8 Å². The molecule has 2 N–H and O–H groups in total. The molecule has 4 rings (SSSR count). The van der Waals surface area contributed by atoms with Crippen LogP contribution >= 0.6 is 0 Å². The summed E-state index contributed by atoms with van der Waals surface area (Å²) in [6, 6.07) is 15.3. The summed E-state index contributed by atoms with van der Waals surface area (Å²) in [7, 11) is 1.59. The molecular formula is C26H30N2O6. The van der Waals surface area contributed by atoms with Crippen molar-refractivity contribution in [3.63, 3.8) is 0 Å². The van der Waals surface area contributed by atoms with Gasteiger partial charge in [0.05, 0.1) is 32.3 Å². The number of carbonyl (C=O) groups is 3.